The van der Waals surface area contributed by atoms with E-state index in [0.717, 1.165) is 24.7 Å². The van der Waals surface area contributed by atoms with Gasteiger partial charge in [0.15, 0.2) is 0 Å². The second-order valence-corrected chi connectivity index (χ2v) is 4.73. The van der Waals surface area contributed by atoms with Gasteiger partial charge in [0.1, 0.15) is 0 Å². The van der Waals surface area contributed by atoms with Gasteiger partial charge in [0, 0.05) is 25.7 Å². The van der Waals surface area contributed by atoms with E-state index in [9.17, 15) is 4.79 Å². The summed E-state index contributed by atoms with van der Waals surface area (Å²) in [7, 11) is 0. The van der Waals surface area contributed by atoms with Gasteiger partial charge in [-0.25, -0.2) is 4.68 Å². The Hall–Kier alpha value is -1.36. The fourth-order valence-electron chi connectivity index (χ4n) is 2.15. The van der Waals surface area contributed by atoms with Crippen LogP contribution in [0.2, 0.25) is 0 Å². The molecule has 0 bridgehead atoms. The van der Waals surface area contributed by atoms with E-state index in [4.69, 9.17) is 5.73 Å². The average Bonchev–Trinajstić information content (AvgIpc) is 2.33. The maximum atomic E-state index is 11.8. The SMILES string of the molecule is CC1CCN(c2cnn(CCN)c(=O)c2)CC1. The predicted octanol–water partition coefficient (Wildman–Crippen LogP) is 0.438. The van der Waals surface area contributed by atoms with Gasteiger partial charge in [-0.05, 0) is 18.8 Å². The summed E-state index contributed by atoms with van der Waals surface area (Å²) in [5.41, 5.74) is 6.29. The summed E-state index contributed by atoms with van der Waals surface area (Å²) in [5.74, 6) is 0.789. The molecule has 1 saturated heterocycles. The topological polar surface area (TPSA) is 64.2 Å². The highest BCUT2D eigenvalue weighted by Gasteiger charge is 2.16. The highest BCUT2D eigenvalue weighted by atomic mass is 16.1. The van der Waals surface area contributed by atoms with Crippen LogP contribution in [0.15, 0.2) is 17.1 Å². The van der Waals surface area contributed by atoms with Crippen LogP contribution in [0.4, 0.5) is 5.69 Å². The number of aromatic nitrogens is 2. The van der Waals surface area contributed by atoms with Gasteiger partial charge in [0.2, 0.25) is 0 Å². The fraction of sp³-hybridized carbons (Fsp3) is 0.667. The van der Waals surface area contributed by atoms with Crippen LogP contribution < -0.4 is 16.2 Å². The van der Waals surface area contributed by atoms with Crippen molar-refractivity contribution in [1.29, 1.82) is 0 Å². The fourth-order valence-corrected chi connectivity index (χ4v) is 2.15. The molecule has 2 N–H and O–H groups in total. The molecule has 0 saturated carbocycles. The van der Waals surface area contributed by atoms with Crippen LogP contribution in [0.1, 0.15) is 19.8 Å². The van der Waals surface area contributed by atoms with Crippen LogP contribution in [-0.4, -0.2) is 29.4 Å². The molecule has 0 aromatic carbocycles. The Morgan fingerprint density at radius 3 is 2.76 bits per heavy atom. The maximum Gasteiger partial charge on any atom is 0.268 e. The monoisotopic (exact) mass is 236 g/mol. The zero-order valence-corrected chi connectivity index (χ0v) is 10.3. The molecular formula is C12H20N4O. The van der Waals surface area contributed by atoms with Gasteiger partial charge in [-0.2, -0.15) is 5.10 Å². The molecule has 5 heteroatoms. The van der Waals surface area contributed by atoms with E-state index in [-0.39, 0.29) is 5.56 Å². The van der Waals surface area contributed by atoms with E-state index in [2.05, 4.69) is 16.9 Å². The Morgan fingerprint density at radius 1 is 1.47 bits per heavy atom. The van der Waals surface area contributed by atoms with Crippen molar-refractivity contribution in [2.45, 2.75) is 26.3 Å². The molecule has 1 aliphatic heterocycles. The molecule has 5 nitrogen and oxygen atoms in total. The molecule has 0 spiro atoms. The number of rotatable bonds is 3. The van der Waals surface area contributed by atoms with E-state index in [1.165, 1.54) is 17.5 Å². The highest BCUT2D eigenvalue weighted by molar-refractivity contribution is 5.43. The lowest BCUT2D eigenvalue weighted by Gasteiger charge is -2.31. The molecule has 1 aliphatic rings. The minimum absolute atomic E-state index is 0.0634. The van der Waals surface area contributed by atoms with E-state index in [1.807, 2.05) is 0 Å². The number of hydrogen-bond donors (Lipinski definition) is 1. The van der Waals surface area contributed by atoms with Gasteiger partial charge >= 0.3 is 0 Å². The minimum atomic E-state index is -0.0634. The number of nitrogens with zero attached hydrogens (tertiary/aromatic N) is 3. The Kier molecular flexibility index (Phi) is 3.78. The van der Waals surface area contributed by atoms with Crippen LogP contribution in [0.3, 0.4) is 0 Å². The quantitative estimate of drug-likeness (QED) is 0.827. The molecular weight excluding hydrogens is 216 g/mol. The maximum absolute atomic E-state index is 11.8. The Labute approximate surface area is 101 Å². The molecule has 2 heterocycles. The highest BCUT2D eigenvalue weighted by Crippen LogP contribution is 2.20. The second-order valence-electron chi connectivity index (χ2n) is 4.73. The first-order valence-electron chi connectivity index (χ1n) is 6.23. The lowest BCUT2D eigenvalue weighted by Crippen LogP contribution is -2.35. The first-order valence-corrected chi connectivity index (χ1v) is 6.23. The average molecular weight is 236 g/mol. The van der Waals surface area contributed by atoms with Gasteiger partial charge in [0.25, 0.3) is 5.56 Å². The third-order valence-corrected chi connectivity index (χ3v) is 3.34. The molecule has 17 heavy (non-hydrogen) atoms. The van der Waals surface area contributed by atoms with Gasteiger partial charge in [-0.3, -0.25) is 4.79 Å². The summed E-state index contributed by atoms with van der Waals surface area (Å²) in [5, 5.41) is 4.14. The van der Waals surface area contributed by atoms with Crippen LogP contribution >= 0.6 is 0 Å². The van der Waals surface area contributed by atoms with E-state index >= 15 is 0 Å². The van der Waals surface area contributed by atoms with Gasteiger partial charge in [0.05, 0.1) is 18.4 Å². The van der Waals surface area contributed by atoms with Crippen molar-refractivity contribution in [2.75, 3.05) is 24.5 Å². The first kappa shape index (κ1) is 12.1. The Morgan fingerprint density at radius 2 is 2.18 bits per heavy atom. The van der Waals surface area contributed by atoms with Crippen LogP contribution in [0.25, 0.3) is 0 Å². The number of hydrogen-bond acceptors (Lipinski definition) is 4. The normalized spacial score (nSPS) is 17.4. The first-order chi connectivity index (χ1) is 8.20. The molecule has 0 radical (unpaired) electrons. The van der Waals surface area contributed by atoms with Gasteiger partial charge < -0.3 is 10.6 Å². The molecule has 2 rings (SSSR count). The van der Waals surface area contributed by atoms with Gasteiger partial charge in [-0.1, -0.05) is 6.92 Å². The van der Waals surface area contributed by atoms with Crippen molar-refractivity contribution < 1.29 is 0 Å². The van der Waals surface area contributed by atoms with Crippen LogP contribution in [-0.2, 0) is 6.54 Å². The van der Waals surface area contributed by atoms with Crippen molar-refractivity contribution in [3.8, 4) is 0 Å². The largest absolute Gasteiger partial charge is 0.370 e. The third-order valence-electron chi connectivity index (χ3n) is 3.34. The zero-order valence-electron chi connectivity index (χ0n) is 10.3. The predicted molar refractivity (Wildman–Crippen MR) is 68.2 cm³/mol. The smallest absolute Gasteiger partial charge is 0.268 e. The summed E-state index contributed by atoms with van der Waals surface area (Å²) < 4.78 is 1.41. The summed E-state index contributed by atoms with van der Waals surface area (Å²) >= 11 is 0. The lowest BCUT2D eigenvalue weighted by atomic mass is 9.99. The number of nitrogens with two attached hydrogens (primary N) is 1. The van der Waals surface area contributed by atoms with Crippen molar-refractivity contribution in [2.24, 2.45) is 11.7 Å². The van der Waals surface area contributed by atoms with Crippen molar-refractivity contribution >= 4 is 5.69 Å². The number of anilines is 1. The van der Waals surface area contributed by atoms with E-state index < -0.39 is 0 Å². The second kappa shape index (κ2) is 5.31. The Balaban J connectivity index is 2.12. The minimum Gasteiger partial charge on any atom is -0.370 e. The van der Waals surface area contributed by atoms with Crippen molar-refractivity contribution in [3.05, 3.63) is 22.6 Å². The van der Waals surface area contributed by atoms with Gasteiger partial charge in [-0.15, -0.1) is 0 Å². The van der Waals surface area contributed by atoms with Crippen LogP contribution in [0.5, 0.6) is 0 Å². The molecule has 94 valence electrons. The molecule has 1 fully saturated rings. The van der Waals surface area contributed by atoms with E-state index in [0.29, 0.717) is 13.1 Å². The Bertz CT molecular complexity index is 421. The molecule has 0 atom stereocenters. The summed E-state index contributed by atoms with van der Waals surface area (Å²) in [6.07, 6.45) is 4.14. The summed E-state index contributed by atoms with van der Waals surface area (Å²) in [4.78, 5) is 14.0. The van der Waals surface area contributed by atoms with E-state index in [1.54, 1.807) is 12.3 Å². The standard InChI is InChI=1S/C12H20N4O/c1-10-2-5-15(6-3-10)11-8-12(17)16(7-4-13)14-9-11/h8-10H,2-7,13H2,1H3. The summed E-state index contributed by atoms with van der Waals surface area (Å²) in [6.45, 7) is 5.23. The summed E-state index contributed by atoms with van der Waals surface area (Å²) in [6, 6.07) is 1.67. The third kappa shape index (κ3) is 2.85. The van der Waals surface area contributed by atoms with Crippen LogP contribution in [0, 0.1) is 5.92 Å². The zero-order chi connectivity index (χ0) is 12.3. The molecule has 0 unspecified atom stereocenters. The van der Waals surface area contributed by atoms with Crippen molar-refractivity contribution in [1.82, 2.24) is 9.78 Å². The number of piperidine rings is 1. The molecule has 1 aromatic rings. The molecule has 0 amide bonds. The lowest BCUT2D eigenvalue weighted by molar-refractivity contribution is 0.437. The molecule has 1 aromatic heterocycles. The van der Waals surface area contributed by atoms with Crippen molar-refractivity contribution in [3.63, 3.8) is 0 Å². The molecule has 0 aliphatic carbocycles.